The normalized spacial score (nSPS) is 32.6. The van der Waals surface area contributed by atoms with Crippen LogP contribution in [-0.4, -0.2) is 28.3 Å². The summed E-state index contributed by atoms with van der Waals surface area (Å²) < 4.78 is 12.2. The van der Waals surface area contributed by atoms with Gasteiger partial charge in [0, 0.05) is 22.6 Å². The summed E-state index contributed by atoms with van der Waals surface area (Å²) in [6.45, 7) is 4.38. The van der Waals surface area contributed by atoms with E-state index in [2.05, 4.69) is 19.2 Å². The molecule has 1 N–H and O–H groups in total. The predicted molar refractivity (Wildman–Crippen MR) is 72.2 cm³/mol. The lowest BCUT2D eigenvalue weighted by atomic mass is 9.83. The Morgan fingerprint density at radius 1 is 1.25 bits per heavy atom. The third kappa shape index (κ3) is 3.85. The zero-order valence-corrected chi connectivity index (χ0v) is 11.8. The van der Waals surface area contributed by atoms with Gasteiger partial charge in [-0.05, 0) is 38.6 Å². The molecule has 0 aliphatic heterocycles. The minimum Gasteiger partial charge on any atom is -0.316 e. The third-order valence-electron chi connectivity index (χ3n) is 3.71. The monoisotopic (exact) mass is 245 g/mol. The Bertz CT molecular complexity index is 220. The molecule has 0 spiro atoms. The second-order valence-corrected chi connectivity index (χ2v) is 6.76. The summed E-state index contributed by atoms with van der Waals surface area (Å²) in [5, 5.41) is 3.76. The molecule has 1 rings (SSSR count). The van der Waals surface area contributed by atoms with E-state index in [9.17, 15) is 4.21 Å². The van der Waals surface area contributed by atoms with Crippen LogP contribution in [0.2, 0.25) is 0 Å². The first-order valence-corrected chi connectivity index (χ1v) is 8.15. The van der Waals surface area contributed by atoms with E-state index in [0.717, 1.165) is 18.1 Å². The fourth-order valence-corrected chi connectivity index (χ4v) is 4.69. The molecule has 1 aliphatic rings. The van der Waals surface area contributed by atoms with Gasteiger partial charge in [-0.1, -0.05) is 26.7 Å². The van der Waals surface area contributed by atoms with Crippen molar-refractivity contribution in [3.8, 4) is 0 Å². The molecule has 16 heavy (non-hydrogen) atoms. The van der Waals surface area contributed by atoms with Crippen molar-refractivity contribution in [1.29, 1.82) is 0 Å². The number of nitrogens with one attached hydrogen (secondary N) is 1. The molecule has 96 valence electrons. The molecule has 0 amide bonds. The van der Waals surface area contributed by atoms with Gasteiger partial charge in [-0.2, -0.15) is 0 Å². The molecule has 3 heteroatoms. The maximum absolute atomic E-state index is 12.2. The maximum Gasteiger partial charge on any atom is 0.0503 e. The molecule has 0 aromatic rings. The van der Waals surface area contributed by atoms with Crippen LogP contribution in [0.25, 0.3) is 0 Å². The Balaban J connectivity index is 2.56. The van der Waals surface area contributed by atoms with Crippen molar-refractivity contribution in [2.75, 3.05) is 12.8 Å². The molecule has 4 atom stereocenters. The Labute approximate surface area is 103 Å². The predicted octanol–water partition coefficient (Wildman–Crippen LogP) is 2.70. The first-order valence-electron chi connectivity index (χ1n) is 6.77. The third-order valence-corrected chi connectivity index (χ3v) is 5.72. The van der Waals surface area contributed by atoms with Crippen molar-refractivity contribution < 1.29 is 4.21 Å². The van der Waals surface area contributed by atoms with Crippen molar-refractivity contribution in [3.63, 3.8) is 0 Å². The number of hydrogen-bond acceptors (Lipinski definition) is 2. The van der Waals surface area contributed by atoms with Gasteiger partial charge in [0.05, 0.1) is 5.25 Å². The average Bonchev–Trinajstić information content (AvgIpc) is 2.30. The lowest BCUT2D eigenvalue weighted by molar-refractivity contribution is 0.292. The summed E-state index contributed by atoms with van der Waals surface area (Å²) in [6.07, 6.45) is 7.32. The van der Waals surface area contributed by atoms with Gasteiger partial charge < -0.3 is 5.32 Å². The summed E-state index contributed by atoms with van der Waals surface area (Å²) in [6, 6.07) is 0.487. The molecule has 4 unspecified atom stereocenters. The summed E-state index contributed by atoms with van der Waals surface area (Å²) in [7, 11) is 1.39. The van der Waals surface area contributed by atoms with Crippen molar-refractivity contribution in [2.24, 2.45) is 5.92 Å². The lowest BCUT2D eigenvalue weighted by Gasteiger charge is -2.35. The van der Waals surface area contributed by atoms with Crippen molar-refractivity contribution in [3.05, 3.63) is 0 Å². The molecule has 0 saturated heterocycles. The van der Waals surface area contributed by atoms with Crippen LogP contribution in [0.5, 0.6) is 0 Å². The van der Waals surface area contributed by atoms with Crippen LogP contribution in [0.3, 0.4) is 0 Å². The fourth-order valence-electron chi connectivity index (χ4n) is 2.86. The van der Waals surface area contributed by atoms with E-state index < -0.39 is 10.8 Å². The van der Waals surface area contributed by atoms with Gasteiger partial charge in [-0.3, -0.25) is 4.21 Å². The summed E-state index contributed by atoms with van der Waals surface area (Å²) in [4.78, 5) is 0. The Kier molecular flexibility index (Phi) is 6.59. The first kappa shape index (κ1) is 14.2. The van der Waals surface area contributed by atoms with Crippen molar-refractivity contribution >= 4 is 10.8 Å². The highest BCUT2D eigenvalue weighted by molar-refractivity contribution is 7.85. The number of hydrogen-bond donors (Lipinski definition) is 1. The van der Waals surface area contributed by atoms with Gasteiger partial charge in [0.1, 0.15) is 0 Å². The van der Waals surface area contributed by atoms with E-state index in [4.69, 9.17) is 0 Å². The lowest BCUT2D eigenvalue weighted by Crippen LogP contribution is -2.45. The Morgan fingerprint density at radius 2 is 2.00 bits per heavy atom. The van der Waals surface area contributed by atoms with Gasteiger partial charge in [-0.25, -0.2) is 0 Å². The average molecular weight is 245 g/mol. The molecular weight excluding hydrogens is 218 g/mol. The van der Waals surface area contributed by atoms with Crippen LogP contribution in [-0.2, 0) is 10.8 Å². The molecule has 0 aromatic carbocycles. The van der Waals surface area contributed by atoms with E-state index in [1.165, 1.54) is 32.1 Å². The van der Waals surface area contributed by atoms with Gasteiger partial charge in [-0.15, -0.1) is 0 Å². The second-order valence-electron chi connectivity index (χ2n) is 4.99. The zero-order chi connectivity index (χ0) is 12.0. The molecule has 1 aliphatic carbocycles. The molecule has 0 aromatic heterocycles. The zero-order valence-electron chi connectivity index (χ0n) is 11.0. The Morgan fingerprint density at radius 3 is 2.56 bits per heavy atom. The smallest absolute Gasteiger partial charge is 0.0503 e. The van der Waals surface area contributed by atoms with Crippen LogP contribution in [0.4, 0.5) is 0 Å². The van der Waals surface area contributed by atoms with Crippen LogP contribution >= 0.6 is 0 Å². The van der Waals surface area contributed by atoms with Crippen LogP contribution < -0.4 is 5.32 Å². The molecule has 2 nitrogen and oxygen atoms in total. The second kappa shape index (κ2) is 7.44. The molecule has 1 saturated carbocycles. The molecular formula is C13H27NOS. The minimum atomic E-state index is -0.623. The van der Waals surface area contributed by atoms with Gasteiger partial charge in [0.2, 0.25) is 0 Å². The highest BCUT2D eigenvalue weighted by atomic mass is 32.2. The van der Waals surface area contributed by atoms with Crippen LogP contribution in [0.1, 0.15) is 52.4 Å². The van der Waals surface area contributed by atoms with Crippen LogP contribution in [0.15, 0.2) is 0 Å². The van der Waals surface area contributed by atoms with E-state index >= 15 is 0 Å². The highest BCUT2D eigenvalue weighted by Gasteiger charge is 2.32. The largest absolute Gasteiger partial charge is 0.316 e. The van der Waals surface area contributed by atoms with E-state index in [1.54, 1.807) is 0 Å². The summed E-state index contributed by atoms with van der Waals surface area (Å²) in [5.74, 6) is 1.70. The molecule has 0 radical (unpaired) electrons. The molecule has 1 fully saturated rings. The van der Waals surface area contributed by atoms with Gasteiger partial charge >= 0.3 is 0 Å². The standard InChI is InChI=1S/C13H27NOS/c1-4-6-11-7-8-12(14-3)13(10-11)16(15)9-5-2/h11-14H,4-10H2,1-3H3. The Hall–Kier alpha value is 0.110. The van der Waals surface area contributed by atoms with Gasteiger partial charge in [0.15, 0.2) is 0 Å². The topological polar surface area (TPSA) is 29.1 Å². The quantitative estimate of drug-likeness (QED) is 0.779. The SMILES string of the molecule is CCCC1CCC(NC)C(S(=O)CCC)C1. The number of rotatable bonds is 6. The van der Waals surface area contributed by atoms with E-state index in [0.29, 0.717) is 11.3 Å². The van der Waals surface area contributed by atoms with E-state index in [1.807, 2.05) is 7.05 Å². The summed E-state index contributed by atoms with van der Waals surface area (Å²) >= 11 is 0. The summed E-state index contributed by atoms with van der Waals surface area (Å²) in [5.41, 5.74) is 0. The van der Waals surface area contributed by atoms with Crippen LogP contribution in [0, 0.1) is 5.92 Å². The minimum absolute atomic E-state index is 0.398. The van der Waals surface area contributed by atoms with Crippen molar-refractivity contribution in [1.82, 2.24) is 5.32 Å². The first-order chi connectivity index (χ1) is 7.72. The van der Waals surface area contributed by atoms with Gasteiger partial charge in [0.25, 0.3) is 0 Å². The molecule has 0 heterocycles. The molecule has 0 bridgehead atoms. The highest BCUT2D eigenvalue weighted by Crippen LogP contribution is 2.31. The van der Waals surface area contributed by atoms with Crippen molar-refractivity contribution in [2.45, 2.75) is 63.7 Å². The maximum atomic E-state index is 12.2. The fraction of sp³-hybridized carbons (Fsp3) is 1.00. The van der Waals surface area contributed by atoms with E-state index in [-0.39, 0.29) is 0 Å².